The van der Waals surface area contributed by atoms with Crippen LogP contribution in [-0.2, 0) is 4.79 Å². The van der Waals surface area contributed by atoms with Gasteiger partial charge < -0.3 is 4.48 Å². The van der Waals surface area contributed by atoms with Crippen LogP contribution in [0.15, 0.2) is 0 Å². The standard InChI is InChI=1S/C9H16NO/c1-10(2)7-3-4-8(10)6-9(11)5-7/h7-8H,3-6H2,1-2H3/q+1/t7-,8-/m1/s1. The Morgan fingerprint density at radius 1 is 1.18 bits per heavy atom. The second-order valence-electron chi connectivity index (χ2n) is 4.46. The molecular formula is C9H16NO+. The molecule has 2 aliphatic heterocycles. The Bertz CT molecular complexity index is 180. The zero-order chi connectivity index (χ0) is 8.06. The topological polar surface area (TPSA) is 17.1 Å². The van der Waals surface area contributed by atoms with Gasteiger partial charge in [0.2, 0.25) is 0 Å². The molecule has 2 fully saturated rings. The van der Waals surface area contributed by atoms with Crippen LogP contribution in [-0.4, -0.2) is 36.4 Å². The second-order valence-corrected chi connectivity index (χ2v) is 4.46. The summed E-state index contributed by atoms with van der Waals surface area (Å²) < 4.78 is 1.10. The van der Waals surface area contributed by atoms with Crippen molar-refractivity contribution < 1.29 is 9.28 Å². The van der Waals surface area contributed by atoms with Crippen LogP contribution in [0.5, 0.6) is 0 Å². The van der Waals surface area contributed by atoms with Gasteiger partial charge in [0.1, 0.15) is 5.78 Å². The molecule has 0 radical (unpaired) electrons. The molecule has 0 amide bonds. The highest BCUT2D eigenvalue weighted by Crippen LogP contribution is 2.37. The molecule has 0 unspecified atom stereocenters. The largest absolute Gasteiger partial charge is 0.323 e. The zero-order valence-electron chi connectivity index (χ0n) is 7.34. The van der Waals surface area contributed by atoms with Gasteiger partial charge in [0.25, 0.3) is 0 Å². The zero-order valence-corrected chi connectivity index (χ0v) is 7.34. The molecule has 0 aromatic heterocycles. The summed E-state index contributed by atoms with van der Waals surface area (Å²) in [6.07, 6.45) is 4.21. The highest BCUT2D eigenvalue weighted by atomic mass is 16.1. The number of quaternary nitrogens is 1. The molecule has 2 heterocycles. The Morgan fingerprint density at radius 3 is 2.09 bits per heavy atom. The van der Waals surface area contributed by atoms with Crippen molar-refractivity contribution in [1.82, 2.24) is 0 Å². The molecule has 0 spiro atoms. The van der Waals surface area contributed by atoms with E-state index in [1.807, 2.05) is 0 Å². The summed E-state index contributed by atoms with van der Waals surface area (Å²) in [4.78, 5) is 11.2. The molecule has 2 atom stereocenters. The minimum absolute atomic E-state index is 0.495. The molecule has 0 saturated carbocycles. The summed E-state index contributed by atoms with van der Waals surface area (Å²) in [5, 5.41) is 0. The summed E-state index contributed by atoms with van der Waals surface area (Å²) in [7, 11) is 4.55. The molecule has 2 saturated heterocycles. The lowest BCUT2D eigenvalue weighted by Crippen LogP contribution is -2.54. The molecular weight excluding hydrogens is 138 g/mol. The second kappa shape index (κ2) is 2.07. The van der Waals surface area contributed by atoms with Gasteiger partial charge in [-0.1, -0.05) is 0 Å². The lowest BCUT2D eigenvalue weighted by Gasteiger charge is -2.40. The van der Waals surface area contributed by atoms with Gasteiger partial charge in [-0.2, -0.15) is 0 Å². The molecule has 2 rings (SSSR count). The fraction of sp³-hybridized carbons (Fsp3) is 0.889. The van der Waals surface area contributed by atoms with E-state index < -0.39 is 0 Å². The van der Waals surface area contributed by atoms with Crippen LogP contribution in [0.25, 0.3) is 0 Å². The predicted molar refractivity (Wildman–Crippen MR) is 43.2 cm³/mol. The van der Waals surface area contributed by atoms with Crippen LogP contribution in [0.1, 0.15) is 25.7 Å². The number of nitrogens with zero attached hydrogens (tertiary/aromatic N) is 1. The van der Waals surface area contributed by atoms with Crippen LogP contribution in [0, 0.1) is 0 Å². The average molecular weight is 154 g/mol. The molecule has 0 N–H and O–H groups in total. The Balaban J connectivity index is 2.25. The number of hydrogen-bond donors (Lipinski definition) is 0. The number of rotatable bonds is 0. The van der Waals surface area contributed by atoms with E-state index in [9.17, 15) is 4.79 Å². The van der Waals surface area contributed by atoms with Crippen LogP contribution >= 0.6 is 0 Å². The van der Waals surface area contributed by atoms with Crippen molar-refractivity contribution in [3.8, 4) is 0 Å². The summed E-state index contributed by atoms with van der Waals surface area (Å²) in [5.41, 5.74) is 0. The third-order valence-corrected chi connectivity index (χ3v) is 3.64. The number of carbonyl (C=O) groups is 1. The molecule has 0 aromatic rings. The normalized spacial score (nSPS) is 41.1. The average Bonchev–Trinajstić information content (AvgIpc) is 2.19. The number of ketones is 1. The number of hydrogen-bond acceptors (Lipinski definition) is 1. The SMILES string of the molecule is C[N+]1(C)[C@@H]2CC[C@@H]1CC(=O)C2. The van der Waals surface area contributed by atoms with Crippen molar-refractivity contribution in [3.05, 3.63) is 0 Å². The van der Waals surface area contributed by atoms with E-state index in [0.29, 0.717) is 17.9 Å². The highest BCUT2D eigenvalue weighted by Gasteiger charge is 2.48. The third-order valence-electron chi connectivity index (χ3n) is 3.64. The van der Waals surface area contributed by atoms with Crippen molar-refractivity contribution in [2.24, 2.45) is 0 Å². The smallest absolute Gasteiger partial charge is 0.144 e. The third kappa shape index (κ3) is 0.924. The quantitative estimate of drug-likeness (QED) is 0.475. The fourth-order valence-corrected chi connectivity index (χ4v) is 2.63. The lowest BCUT2D eigenvalue weighted by molar-refractivity contribution is -0.926. The van der Waals surface area contributed by atoms with Crippen LogP contribution in [0.3, 0.4) is 0 Å². The summed E-state index contributed by atoms with van der Waals surface area (Å²) in [6.45, 7) is 0. The summed E-state index contributed by atoms with van der Waals surface area (Å²) in [6, 6.07) is 1.28. The lowest BCUT2D eigenvalue weighted by atomic mass is 10.00. The van der Waals surface area contributed by atoms with Gasteiger partial charge in [-0.15, -0.1) is 0 Å². The van der Waals surface area contributed by atoms with Crippen molar-refractivity contribution >= 4 is 5.78 Å². The van der Waals surface area contributed by atoms with Gasteiger partial charge in [-0.05, 0) is 0 Å². The van der Waals surface area contributed by atoms with Crippen molar-refractivity contribution in [1.29, 1.82) is 0 Å². The van der Waals surface area contributed by atoms with Crippen LogP contribution in [0.4, 0.5) is 0 Å². The summed E-state index contributed by atoms with van der Waals surface area (Å²) in [5.74, 6) is 0.495. The minimum Gasteiger partial charge on any atom is -0.323 e. The molecule has 0 aromatic carbocycles. The number of carbonyl (C=O) groups excluding carboxylic acids is 1. The Hall–Kier alpha value is -0.370. The molecule has 2 heteroatoms. The van der Waals surface area contributed by atoms with Gasteiger partial charge in [-0.3, -0.25) is 4.79 Å². The molecule has 11 heavy (non-hydrogen) atoms. The van der Waals surface area contributed by atoms with E-state index in [0.717, 1.165) is 17.3 Å². The van der Waals surface area contributed by atoms with Gasteiger partial charge in [0, 0.05) is 12.8 Å². The fourth-order valence-electron chi connectivity index (χ4n) is 2.63. The van der Waals surface area contributed by atoms with Crippen LogP contribution in [0.2, 0.25) is 0 Å². The Labute approximate surface area is 67.8 Å². The molecule has 0 aliphatic carbocycles. The first-order valence-electron chi connectivity index (χ1n) is 4.46. The number of fused-ring (bicyclic) bond motifs is 2. The molecule has 62 valence electrons. The summed E-state index contributed by atoms with van der Waals surface area (Å²) >= 11 is 0. The van der Waals surface area contributed by atoms with E-state index in [-0.39, 0.29) is 0 Å². The highest BCUT2D eigenvalue weighted by molar-refractivity contribution is 5.80. The van der Waals surface area contributed by atoms with Crippen molar-refractivity contribution in [3.63, 3.8) is 0 Å². The maximum Gasteiger partial charge on any atom is 0.144 e. The van der Waals surface area contributed by atoms with E-state index in [1.165, 1.54) is 12.8 Å². The number of Topliss-reactive ketones (excluding diaryl/α,β-unsaturated/α-hetero) is 1. The Kier molecular flexibility index (Phi) is 1.37. The van der Waals surface area contributed by atoms with Crippen molar-refractivity contribution in [2.75, 3.05) is 14.1 Å². The van der Waals surface area contributed by atoms with Gasteiger partial charge in [0.15, 0.2) is 0 Å². The van der Waals surface area contributed by atoms with E-state index in [4.69, 9.17) is 0 Å². The minimum atomic E-state index is 0.495. The van der Waals surface area contributed by atoms with E-state index in [2.05, 4.69) is 14.1 Å². The monoisotopic (exact) mass is 154 g/mol. The van der Waals surface area contributed by atoms with Crippen molar-refractivity contribution in [2.45, 2.75) is 37.8 Å². The molecule has 2 aliphatic rings. The van der Waals surface area contributed by atoms with Gasteiger partial charge in [0.05, 0.1) is 39.0 Å². The maximum absolute atomic E-state index is 11.2. The Morgan fingerprint density at radius 2 is 1.64 bits per heavy atom. The predicted octanol–water partition coefficient (Wildman–Crippen LogP) is 0.957. The first-order chi connectivity index (χ1) is 5.10. The molecule has 2 bridgehead atoms. The maximum atomic E-state index is 11.2. The van der Waals surface area contributed by atoms with E-state index >= 15 is 0 Å². The first kappa shape index (κ1) is 7.29. The molecule has 2 nitrogen and oxygen atoms in total. The first-order valence-corrected chi connectivity index (χ1v) is 4.46. The van der Waals surface area contributed by atoms with Gasteiger partial charge >= 0.3 is 0 Å². The van der Waals surface area contributed by atoms with Gasteiger partial charge in [-0.25, -0.2) is 0 Å². The van der Waals surface area contributed by atoms with Crippen LogP contribution < -0.4 is 0 Å². The van der Waals surface area contributed by atoms with E-state index in [1.54, 1.807) is 0 Å². The number of piperidine rings is 1.